The van der Waals surface area contributed by atoms with Gasteiger partial charge in [0.15, 0.2) is 11.6 Å². The first-order valence-electron chi connectivity index (χ1n) is 19.4. The molecular formula is C51H29N5O2. The molecule has 0 radical (unpaired) electrons. The molecule has 0 saturated heterocycles. The second-order valence-corrected chi connectivity index (χ2v) is 14.8. The summed E-state index contributed by atoms with van der Waals surface area (Å²) in [6, 6.07) is 60.8. The van der Waals surface area contributed by atoms with Gasteiger partial charge in [-0.1, -0.05) is 109 Å². The van der Waals surface area contributed by atoms with Crippen LogP contribution >= 0.6 is 0 Å². The van der Waals surface area contributed by atoms with Crippen LogP contribution in [0.1, 0.15) is 0 Å². The van der Waals surface area contributed by atoms with Gasteiger partial charge in [-0.2, -0.15) is 9.97 Å². The Balaban J connectivity index is 1.05. The first kappa shape index (κ1) is 31.2. The van der Waals surface area contributed by atoms with Crippen molar-refractivity contribution in [3.63, 3.8) is 0 Å². The molecule has 7 nitrogen and oxygen atoms in total. The lowest BCUT2D eigenvalue weighted by atomic mass is 10.0. The maximum absolute atomic E-state index is 6.69. The van der Waals surface area contributed by atoms with Crippen LogP contribution in [0.4, 0.5) is 0 Å². The summed E-state index contributed by atoms with van der Waals surface area (Å²) in [5.74, 6) is 1.62. The summed E-state index contributed by atoms with van der Waals surface area (Å²) in [6.45, 7) is 0. The minimum absolute atomic E-state index is 0.528. The minimum Gasteiger partial charge on any atom is -0.456 e. The molecule has 5 aromatic heterocycles. The number of furan rings is 2. The van der Waals surface area contributed by atoms with Crippen LogP contribution in [0.2, 0.25) is 0 Å². The Morgan fingerprint density at radius 3 is 1.55 bits per heavy atom. The Morgan fingerprint density at radius 2 is 0.862 bits per heavy atom. The fourth-order valence-corrected chi connectivity index (χ4v) is 9.06. The molecule has 13 aromatic rings. The number of aromatic nitrogens is 5. The molecule has 0 aliphatic carbocycles. The quantitative estimate of drug-likeness (QED) is 0.179. The van der Waals surface area contributed by atoms with Crippen molar-refractivity contribution >= 4 is 87.5 Å². The van der Waals surface area contributed by atoms with E-state index in [9.17, 15) is 0 Å². The van der Waals surface area contributed by atoms with Gasteiger partial charge in [0.25, 0.3) is 0 Å². The third-order valence-electron chi connectivity index (χ3n) is 11.6. The predicted octanol–water partition coefficient (Wildman–Crippen LogP) is 13.2. The third kappa shape index (κ3) is 4.41. The van der Waals surface area contributed by atoms with Gasteiger partial charge < -0.3 is 13.4 Å². The molecular weight excluding hydrogens is 715 g/mol. The zero-order valence-electron chi connectivity index (χ0n) is 30.8. The van der Waals surface area contributed by atoms with Gasteiger partial charge in [0, 0.05) is 66.0 Å². The van der Waals surface area contributed by atoms with Crippen molar-refractivity contribution in [3.05, 3.63) is 176 Å². The zero-order valence-corrected chi connectivity index (χ0v) is 30.8. The van der Waals surface area contributed by atoms with Gasteiger partial charge in [0.05, 0.1) is 22.1 Å². The van der Waals surface area contributed by atoms with Crippen LogP contribution in [0.3, 0.4) is 0 Å². The SMILES string of the molecule is c1ccc2c(c1)oc1cc(-c3nc(-c4cccc5oc6cc(-n7c8ccccc8c8ccccc87)ccc6c45)nc(-n4c5ccccc5c5ccccc54)n3)ccc12. The van der Waals surface area contributed by atoms with Crippen LogP contribution in [-0.4, -0.2) is 24.1 Å². The summed E-state index contributed by atoms with van der Waals surface area (Å²) in [5.41, 5.74) is 10.2. The standard InChI is InChI=1S/C51H29N5O2/c1-6-18-40-32(12-1)33-13-2-7-19-41(33)55(40)31-25-27-38-47(29-31)58-45-23-11-17-39(48(38)45)50-52-49(30-24-26-37-36-16-5-10-22-44(36)57-46(37)28-30)53-51(54-50)56-42-20-8-3-14-34(42)35-15-4-9-21-43(35)56/h1-29H. The Kier molecular flexibility index (Phi) is 6.32. The molecule has 13 rings (SSSR count). The van der Waals surface area contributed by atoms with Crippen LogP contribution in [0.5, 0.6) is 0 Å². The molecule has 0 atom stereocenters. The Labute approximate surface area is 329 Å². The van der Waals surface area contributed by atoms with E-state index >= 15 is 0 Å². The fraction of sp³-hybridized carbons (Fsp3) is 0. The normalized spacial score (nSPS) is 12.1. The van der Waals surface area contributed by atoms with E-state index in [0.717, 1.165) is 93.5 Å². The highest BCUT2D eigenvalue weighted by atomic mass is 16.3. The highest BCUT2D eigenvalue weighted by Gasteiger charge is 2.22. The number of hydrogen-bond acceptors (Lipinski definition) is 5. The molecule has 0 unspecified atom stereocenters. The molecule has 270 valence electrons. The van der Waals surface area contributed by atoms with Gasteiger partial charge >= 0.3 is 0 Å². The molecule has 0 bridgehead atoms. The van der Waals surface area contributed by atoms with Crippen LogP contribution in [0.15, 0.2) is 185 Å². The Hall–Kier alpha value is -8.03. The second-order valence-electron chi connectivity index (χ2n) is 14.8. The number of para-hydroxylation sites is 5. The average molecular weight is 744 g/mol. The number of nitrogens with zero attached hydrogens (tertiary/aromatic N) is 5. The first-order valence-corrected chi connectivity index (χ1v) is 19.4. The zero-order chi connectivity index (χ0) is 37.9. The number of benzene rings is 8. The molecule has 0 fully saturated rings. The van der Waals surface area contributed by atoms with Crippen LogP contribution in [0, 0.1) is 0 Å². The van der Waals surface area contributed by atoms with Crippen molar-refractivity contribution in [2.45, 2.75) is 0 Å². The molecule has 0 aliphatic rings. The van der Waals surface area contributed by atoms with Crippen molar-refractivity contribution in [1.82, 2.24) is 24.1 Å². The summed E-state index contributed by atoms with van der Waals surface area (Å²) in [5, 5.41) is 8.75. The van der Waals surface area contributed by atoms with E-state index in [-0.39, 0.29) is 0 Å². The lowest BCUT2D eigenvalue weighted by molar-refractivity contribution is 0.668. The minimum atomic E-state index is 0.528. The maximum atomic E-state index is 6.69. The summed E-state index contributed by atoms with van der Waals surface area (Å²) >= 11 is 0. The van der Waals surface area contributed by atoms with E-state index in [1.165, 1.54) is 10.8 Å². The predicted molar refractivity (Wildman–Crippen MR) is 234 cm³/mol. The Morgan fingerprint density at radius 1 is 0.345 bits per heavy atom. The molecule has 8 aromatic carbocycles. The van der Waals surface area contributed by atoms with Gasteiger partial charge in [-0.25, -0.2) is 4.98 Å². The van der Waals surface area contributed by atoms with Crippen molar-refractivity contribution in [1.29, 1.82) is 0 Å². The van der Waals surface area contributed by atoms with E-state index in [4.69, 9.17) is 23.8 Å². The number of hydrogen-bond donors (Lipinski definition) is 0. The molecule has 0 amide bonds. The van der Waals surface area contributed by atoms with Gasteiger partial charge in [-0.15, -0.1) is 0 Å². The van der Waals surface area contributed by atoms with Crippen LogP contribution < -0.4 is 0 Å². The topological polar surface area (TPSA) is 74.8 Å². The summed E-state index contributed by atoms with van der Waals surface area (Å²) in [4.78, 5) is 15.8. The molecule has 0 saturated carbocycles. The fourth-order valence-electron chi connectivity index (χ4n) is 9.06. The molecule has 5 heterocycles. The van der Waals surface area contributed by atoms with Crippen LogP contribution in [0.25, 0.3) is 122 Å². The second kappa shape index (κ2) is 11.7. The average Bonchev–Trinajstić information content (AvgIpc) is 4.03. The van der Waals surface area contributed by atoms with E-state index < -0.39 is 0 Å². The van der Waals surface area contributed by atoms with E-state index in [2.05, 4.69) is 149 Å². The van der Waals surface area contributed by atoms with Gasteiger partial charge in [0.1, 0.15) is 22.3 Å². The molecule has 58 heavy (non-hydrogen) atoms. The lowest BCUT2D eigenvalue weighted by Crippen LogP contribution is -2.06. The number of fused-ring (bicyclic) bond motifs is 12. The van der Waals surface area contributed by atoms with E-state index in [0.29, 0.717) is 17.6 Å². The van der Waals surface area contributed by atoms with Crippen molar-refractivity contribution in [2.75, 3.05) is 0 Å². The molecule has 0 N–H and O–H groups in total. The first-order chi connectivity index (χ1) is 28.7. The Bertz CT molecular complexity index is 3720. The van der Waals surface area contributed by atoms with E-state index in [1.54, 1.807) is 0 Å². The molecule has 0 aliphatic heterocycles. The van der Waals surface area contributed by atoms with Crippen molar-refractivity contribution < 1.29 is 8.83 Å². The third-order valence-corrected chi connectivity index (χ3v) is 11.6. The van der Waals surface area contributed by atoms with Gasteiger partial charge in [0.2, 0.25) is 5.95 Å². The maximum Gasteiger partial charge on any atom is 0.238 e. The van der Waals surface area contributed by atoms with Crippen LogP contribution in [-0.2, 0) is 0 Å². The lowest BCUT2D eigenvalue weighted by Gasteiger charge is -2.11. The summed E-state index contributed by atoms with van der Waals surface area (Å²) in [7, 11) is 0. The monoisotopic (exact) mass is 743 g/mol. The van der Waals surface area contributed by atoms with Gasteiger partial charge in [-0.05, 0) is 60.7 Å². The van der Waals surface area contributed by atoms with Gasteiger partial charge in [-0.3, -0.25) is 4.57 Å². The summed E-state index contributed by atoms with van der Waals surface area (Å²) in [6.07, 6.45) is 0. The highest BCUT2D eigenvalue weighted by Crippen LogP contribution is 2.40. The molecule has 7 heteroatoms. The summed E-state index contributed by atoms with van der Waals surface area (Å²) < 4.78 is 17.5. The van der Waals surface area contributed by atoms with E-state index in [1.807, 2.05) is 36.4 Å². The number of rotatable bonds is 4. The van der Waals surface area contributed by atoms with Crippen molar-refractivity contribution in [2.24, 2.45) is 0 Å². The molecule has 0 spiro atoms. The smallest absolute Gasteiger partial charge is 0.238 e. The van der Waals surface area contributed by atoms with Crippen molar-refractivity contribution in [3.8, 4) is 34.4 Å². The largest absolute Gasteiger partial charge is 0.456 e. The highest BCUT2D eigenvalue weighted by molar-refractivity contribution is 6.14.